The van der Waals surface area contributed by atoms with Gasteiger partial charge in [0.1, 0.15) is 0 Å². The van der Waals surface area contributed by atoms with E-state index in [0.717, 1.165) is 43.2 Å². The van der Waals surface area contributed by atoms with Gasteiger partial charge in [0, 0.05) is 30.9 Å². The molecule has 1 aromatic heterocycles. The normalized spacial score (nSPS) is 18.3. The van der Waals surface area contributed by atoms with Gasteiger partial charge in [-0.25, -0.2) is 4.98 Å². The van der Waals surface area contributed by atoms with Crippen molar-refractivity contribution in [3.8, 4) is 0 Å². The van der Waals surface area contributed by atoms with Gasteiger partial charge in [-0.1, -0.05) is 13.8 Å². The van der Waals surface area contributed by atoms with E-state index in [-0.39, 0.29) is 11.8 Å². The van der Waals surface area contributed by atoms with E-state index in [2.05, 4.69) is 18.8 Å². The summed E-state index contributed by atoms with van der Waals surface area (Å²) in [5.41, 5.74) is 0.791. The maximum atomic E-state index is 12.5. The predicted octanol–water partition coefficient (Wildman–Crippen LogP) is 2.46. The second-order valence-electron chi connectivity index (χ2n) is 6.62. The van der Waals surface area contributed by atoms with Crippen molar-refractivity contribution in [2.24, 2.45) is 5.92 Å². The van der Waals surface area contributed by atoms with Crippen molar-refractivity contribution in [2.45, 2.75) is 52.0 Å². The number of carbonyl (C=O) groups is 2. The maximum absolute atomic E-state index is 12.5. The summed E-state index contributed by atoms with van der Waals surface area (Å²) in [7, 11) is 0. The van der Waals surface area contributed by atoms with Crippen LogP contribution in [0.5, 0.6) is 0 Å². The number of aromatic nitrogens is 1. The van der Waals surface area contributed by atoms with Gasteiger partial charge in [-0.15, -0.1) is 11.3 Å². The number of anilines is 1. The molecule has 2 amide bonds. The first-order chi connectivity index (χ1) is 10.5. The molecule has 1 aliphatic heterocycles. The molecule has 0 aromatic carbocycles. The minimum atomic E-state index is 0.145. The molecule has 2 fully saturated rings. The standard InChI is InChI=1S/C16H23N3O2S/c1-11(2)9-19(13-5-6-13)15(21)8-12-10-22-16(17-12)18-7-3-4-14(18)20/h10-11,13H,3-9H2,1-2H3. The summed E-state index contributed by atoms with van der Waals surface area (Å²) >= 11 is 1.47. The second kappa shape index (κ2) is 6.36. The number of thiazole rings is 1. The van der Waals surface area contributed by atoms with Gasteiger partial charge < -0.3 is 4.90 Å². The van der Waals surface area contributed by atoms with E-state index in [4.69, 9.17) is 0 Å². The third-order valence-corrected chi connectivity index (χ3v) is 4.96. The van der Waals surface area contributed by atoms with Crippen LogP contribution in [0.25, 0.3) is 0 Å². The van der Waals surface area contributed by atoms with Gasteiger partial charge in [0.2, 0.25) is 11.8 Å². The van der Waals surface area contributed by atoms with Crippen LogP contribution in [0, 0.1) is 5.92 Å². The average molecular weight is 321 g/mol. The molecule has 0 atom stereocenters. The molecule has 0 radical (unpaired) electrons. The third-order valence-electron chi connectivity index (χ3n) is 4.05. The van der Waals surface area contributed by atoms with Gasteiger partial charge >= 0.3 is 0 Å². The lowest BCUT2D eigenvalue weighted by atomic mass is 10.2. The summed E-state index contributed by atoms with van der Waals surface area (Å²) in [5, 5.41) is 2.66. The number of amides is 2. The van der Waals surface area contributed by atoms with Crippen molar-refractivity contribution >= 4 is 28.3 Å². The highest BCUT2D eigenvalue weighted by Crippen LogP contribution is 2.29. The molecule has 0 bridgehead atoms. The minimum absolute atomic E-state index is 0.145. The Bertz CT molecular complexity index is 565. The van der Waals surface area contributed by atoms with E-state index in [1.807, 2.05) is 10.3 Å². The Hall–Kier alpha value is -1.43. The summed E-state index contributed by atoms with van der Waals surface area (Å²) in [4.78, 5) is 32.5. The SMILES string of the molecule is CC(C)CN(C(=O)Cc1csc(N2CCCC2=O)n1)C1CC1. The molecule has 1 saturated heterocycles. The Morgan fingerprint density at radius 1 is 1.50 bits per heavy atom. The first-order valence-electron chi connectivity index (χ1n) is 8.09. The van der Waals surface area contributed by atoms with Crippen molar-refractivity contribution in [1.29, 1.82) is 0 Å². The lowest BCUT2D eigenvalue weighted by Crippen LogP contribution is -2.37. The molecular weight excluding hydrogens is 298 g/mol. The Morgan fingerprint density at radius 2 is 2.27 bits per heavy atom. The molecular formula is C16H23N3O2S. The fraction of sp³-hybridized carbons (Fsp3) is 0.688. The molecule has 0 N–H and O–H groups in total. The van der Waals surface area contributed by atoms with Crippen molar-refractivity contribution < 1.29 is 9.59 Å². The molecule has 22 heavy (non-hydrogen) atoms. The number of hydrogen-bond acceptors (Lipinski definition) is 4. The Labute approximate surface area is 135 Å². The van der Waals surface area contributed by atoms with Gasteiger partial charge in [-0.2, -0.15) is 0 Å². The second-order valence-corrected chi connectivity index (χ2v) is 7.45. The predicted molar refractivity (Wildman–Crippen MR) is 87.0 cm³/mol. The van der Waals surface area contributed by atoms with Crippen molar-refractivity contribution in [3.05, 3.63) is 11.1 Å². The van der Waals surface area contributed by atoms with Crippen LogP contribution in [0.2, 0.25) is 0 Å². The van der Waals surface area contributed by atoms with Crippen LogP contribution in [-0.2, 0) is 16.0 Å². The summed E-state index contributed by atoms with van der Waals surface area (Å²) in [5.74, 6) is 0.796. The monoisotopic (exact) mass is 321 g/mol. The van der Waals surface area contributed by atoms with Gasteiger partial charge in [0.25, 0.3) is 0 Å². The largest absolute Gasteiger partial charge is 0.339 e. The molecule has 5 nitrogen and oxygen atoms in total. The van der Waals surface area contributed by atoms with Crippen molar-refractivity contribution in [3.63, 3.8) is 0 Å². The van der Waals surface area contributed by atoms with Crippen LogP contribution in [0.15, 0.2) is 5.38 Å². The zero-order valence-electron chi connectivity index (χ0n) is 13.2. The summed E-state index contributed by atoms with van der Waals surface area (Å²) in [6.45, 7) is 5.86. The lowest BCUT2D eigenvalue weighted by molar-refractivity contribution is -0.131. The highest BCUT2D eigenvalue weighted by molar-refractivity contribution is 7.14. The van der Waals surface area contributed by atoms with E-state index in [1.54, 1.807) is 4.90 Å². The average Bonchev–Trinajstić information content (AvgIpc) is 3.05. The molecule has 1 aromatic rings. The molecule has 1 saturated carbocycles. The van der Waals surface area contributed by atoms with Gasteiger partial charge in [0.15, 0.2) is 5.13 Å². The first-order valence-corrected chi connectivity index (χ1v) is 8.97. The van der Waals surface area contributed by atoms with Gasteiger partial charge in [-0.3, -0.25) is 14.5 Å². The molecule has 6 heteroatoms. The van der Waals surface area contributed by atoms with Crippen LogP contribution in [0.4, 0.5) is 5.13 Å². The van der Waals surface area contributed by atoms with Crippen molar-refractivity contribution in [1.82, 2.24) is 9.88 Å². The topological polar surface area (TPSA) is 53.5 Å². The molecule has 120 valence electrons. The van der Waals surface area contributed by atoms with E-state index < -0.39 is 0 Å². The molecule has 0 spiro atoms. The Kier molecular flexibility index (Phi) is 4.47. The summed E-state index contributed by atoms with van der Waals surface area (Å²) in [6.07, 6.45) is 4.11. The lowest BCUT2D eigenvalue weighted by Gasteiger charge is -2.24. The summed E-state index contributed by atoms with van der Waals surface area (Å²) in [6, 6.07) is 0.438. The third kappa shape index (κ3) is 3.48. The van der Waals surface area contributed by atoms with Gasteiger partial charge in [0.05, 0.1) is 12.1 Å². The zero-order valence-corrected chi connectivity index (χ0v) is 14.1. The number of hydrogen-bond donors (Lipinski definition) is 0. The Balaban J connectivity index is 1.63. The fourth-order valence-electron chi connectivity index (χ4n) is 2.84. The van der Waals surface area contributed by atoms with Crippen LogP contribution in [-0.4, -0.2) is 40.8 Å². The van der Waals surface area contributed by atoms with E-state index in [1.165, 1.54) is 11.3 Å². The highest BCUT2D eigenvalue weighted by Gasteiger charge is 2.33. The van der Waals surface area contributed by atoms with E-state index in [0.29, 0.717) is 24.8 Å². The number of rotatable bonds is 6. The minimum Gasteiger partial charge on any atom is -0.339 e. The summed E-state index contributed by atoms with van der Waals surface area (Å²) < 4.78 is 0. The smallest absolute Gasteiger partial charge is 0.228 e. The first kappa shape index (κ1) is 15.5. The van der Waals surface area contributed by atoms with E-state index in [9.17, 15) is 9.59 Å². The van der Waals surface area contributed by atoms with Crippen LogP contribution < -0.4 is 4.90 Å². The number of nitrogens with zero attached hydrogens (tertiary/aromatic N) is 3. The Morgan fingerprint density at radius 3 is 2.86 bits per heavy atom. The molecule has 3 rings (SSSR count). The zero-order chi connectivity index (χ0) is 15.7. The van der Waals surface area contributed by atoms with Crippen LogP contribution in [0.3, 0.4) is 0 Å². The van der Waals surface area contributed by atoms with Crippen LogP contribution >= 0.6 is 11.3 Å². The highest BCUT2D eigenvalue weighted by atomic mass is 32.1. The molecule has 0 unspecified atom stereocenters. The fourth-order valence-corrected chi connectivity index (χ4v) is 3.71. The number of carbonyl (C=O) groups excluding carboxylic acids is 2. The van der Waals surface area contributed by atoms with Gasteiger partial charge in [-0.05, 0) is 25.2 Å². The molecule has 2 heterocycles. The van der Waals surface area contributed by atoms with Crippen LogP contribution in [0.1, 0.15) is 45.2 Å². The quantitative estimate of drug-likeness (QED) is 0.809. The van der Waals surface area contributed by atoms with Crippen molar-refractivity contribution in [2.75, 3.05) is 18.0 Å². The van der Waals surface area contributed by atoms with E-state index >= 15 is 0 Å². The maximum Gasteiger partial charge on any atom is 0.228 e. The molecule has 1 aliphatic carbocycles. The molecule has 2 aliphatic rings.